The maximum Gasteiger partial charge on any atom is 0.338 e. The molecule has 33 heavy (non-hydrogen) atoms. The van der Waals surface area contributed by atoms with E-state index >= 15 is 0 Å². The molecule has 0 fully saturated rings. The Balaban J connectivity index is 1.78. The van der Waals surface area contributed by atoms with Crippen molar-refractivity contribution in [3.8, 4) is 0 Å². The molecular weight excluding hydrogens is 488 g/mol. The summed E-state index contributed by atoms with van der Waals surface area (Å²) in [5.41, 5.74) is 2.93. The largest absolute Gasteiger partial charge is 0.463 e. The number of allylic oxidation sites excluding steroid dienone is 1. The fraction of sp³-hybridized carbons (Fsp3) is 0.292. The second-order valence-corrected chi connectivity index (χ2v) is 8.38. The first-order chi connectivity index (χ1) is 15.8. The molecule has 0 saturated carbocycles. The minimum absolute atomic E-state index is 0.237. The number of rotatable bonds is 7. The zero-order valence-corrected chi connectivity index (χ0v) is 20.4. The molecule has 0 spiro atoms. The van der Waals surface area contributed by atoms with E-state index in [-0.39, 0.29) is 18.7 Å². The number of benzene rings is 2. The number of nitrogens with one attached hydrogen (secondary N) is 3. The van der Waals surface area contributed by atoms with Gasteiger partial charge in [-0.15, -0.1) is 0 Å². The van der Waals surface area contributed by atoms with E-state index in [2.05, 4.69) is 31.9 Å². The lowest BCUT2D eigenvalue weighted by molar-refractivity contribution is -0.139. The maximum atomic E-state index is 12.7. The lowest BCUT2D eigenvalue weighted by atomic mass is 9.94. The van der Waals surface area contributed by atoms with E-state index in [4.69, 9.17) is 4.74 Å². The molecule has 4 amide bonds. The lowest BCUT2D eigenvalue weighted by Crippen LogP contribution is -2.48. The Hall–Kier alpha value is -3.33. The molecule has 8 nitrogen and oxygen atoms in total. The summed E-state index contributed by atoms with van der Waals surface area (Å²) in [7, 11) is 0. The minimum atomic E-state index is -0.643. The topological polar surface area (TPSA) is 99.8 Å². The van der Waals surface area contributed by atoms with Crippen LogP contribution in [0.15, 0.2) is 64.3 Å². The lowest BCUT2D eigenvalue weighted by Gasteiger charge is -2.35. The summed E-state index contributed by atoms with van der Waals surface area (Å²) < 4.78 is 6.18. The predicted octanol–water partition coefficient (Wildman–Crippen LogP) is 5.41. The Morgan fingerprint density at radius 3 is 2.15 bits per heavy atom. The number of hydrogen-bond donors (Lipinski definition) is 3. The Bertz CT molecular complexity index is 1050. The molecule has 3 rings (SSSR count). The van der Waals surface area contributed by atoms with Crippen molar-refractivity contribution in [1.29, 1.82) is 0 Å². The van der Waals surface area contributed by atoms with Crippen LogP contribution in [-0.2, 0) is 9.53 Å². The van der Waals surface area contributed by atoms with E-state index in [1.165, 1.54) is 0 Å². The second kappa shape index (κ2) is 11.0. The van der Waals surface area contributed by atoms with Gasteiger partial charge in [0.15, 0.2) is 0 Å². The number of anilines is 2. The molecule has 0 bridgehead atoms. The molecule has 0 radical (unpaired) electrons. The monoisotopic (exact) mass is 514 g/mol. The molecule has 2 aromatic carbocycles. The Labute approximate surface area is 201 Å². The Morgan fingerprint density at radius 1 is 1.03 bits per heavy atom. The third-order valence-electron chi connectivity index (χ3n) is 5.14. The van der Waals surface area contributed by atoms with Gasteiger partial charge in [0.1, 0.15) is 0 Å². The van der Waals surface area contributed by atoms with Crippen LogP contribution in [0.5, 0.6) is 0 Å². The minimum Gasteiger partial charge on any atom is -0.463 e. The fourth-order valence-electron chi connectivity index (χ4n) is 3.58. The summed E-state index contributed by atoms with van der Waals surface area (Å²) >= 11 is 3.36. The van der Waals surface area contributed by atoms with Gasteiger partial charge in [-0.05, 0) is 62.2 Å². The zero-order chi connectivity index (χ0) is 24.0. The van der Waals surface area contributed by atoms with E-state index in [0.717, 1.165) is 10.9 Å². The molecule has 9 heteroatoms. The molecule has 0 aliphatic carbocycles. The molecule has 1 unspecified atom stereocenters. The standard InChI is InChI=1S/C24H27BrN4O4/c1-4-14-29-15(3)20(22(30)33-5-2)21(28-24(29)32)16-6-10-18(11-7-16)26-23(31)27-19-12-8-17(25)9-13-19/h6-13,21H,4-5,14H2,1-3H3,(H,28,32)(H2,26,27,31). The number of nitrogens with zero attached hydrogens (tertiary/aromatic N) is 1. The smallest absolute Gasteiger partial charge is 0.338 e. The van der Waals surface area contributed by atoms with Crippen molar-refractivity contribution < 1.29 is 19.1 Å². The van der Waals surface area contributed by atoms with Crippen LogP contribution in [0.4, 0.5) is 21.0 Å². The van der Waals surface area contributed by atoms with Gasteiger partial charge in [-0.1, -0.05) is 35.0 Å². The summed E-state index contributed by atoms with van der Waals surface area (Å²) in [6, 6.07) is 12.9. The van der Waals surface area contributed by atoms with E-state index in [1.807, 2.05) is 19.1 Å². The SMILES string of the molecule is CCCN1C(=O)NC(c2ccc(NC(=O)Nc3ccc(Br)cc3)cc2)C(C(=O)OCC)=C1C. The molecule has 3 N–H and O–H groups in total. The molecule has 2 aromatic rings. The third kappa shape index (κ3) is 5.92. The average Bonchev–Trinajstić information content (AvgIpc) is 2.78. The van der Waals surface area contributed by atoms with Gasteiger partial charge in [0.05, 0.1) is 18.2 Å². The van der Waals surface area contributed by atoms with Crippen molar-refractivity contribution in [1.82, 2.24) is 10.2 Å². The van der Waals surface area contributed by atoms with Gasteiger partial charge < -0.3 is 20.7 Å². The van der Waals surface area contributed by atoms with Crippen molar-refractivity contribution in [2.45, 2.75) is 33.2 Å². The summed E-state index contributed by atoms with van der Waals surface area (Å²) in [6.45, 7) is 6.21. The summed E-state index contributed by atoms with van der Waals surface area (Å²) in [5.74, 6) is -0.461. The number of urea groups is 2. The molecular formula is C24H27BrN4O4. The van der Waals surface area contributed by atoms with Crippen LogP contribution in [0.2, 0.25) is 0 Å². The van der Waals surface area contributed by atoms with Crippen LogP contribution in [0.25, 0.3) is 0 Å². The van der Waals surface area contributed by atoms with Crippen molar-refractivity contribution in [3.63, 3.8) is 0 Å². The van der Waals surface area contributed by atoms with Crippen molar-refractivity contribution in [3.05, 3.63) is 69.8 Å². The molecule has 174 valence electrons. The van der Waals surface area contributed by atoms with Crippen LogP contribution < -0.4 is 16.0 Å². The number of carbonyl (C=O) groups excluding carboxylic acids is 3. The number of halogens is 1. The van der Waals surface area contributed by atoms with Crippen molar-refractivity contribution >= 4 is 45.3 Å². The van der Waals surface area contributed by atoms with Gasteiger partial charge in [-0.3, -0.25) is 4.90 Å². The summed E-state index contributed by atoms with van der Waals surface area (Å²) in [6.07, 6.45) is 0.758. The van der Waals surface area contributed by atoms with Gasteiger partial charge in [0.25, 0.3) is 0 Å². The first kappa shape index (κ1) is 24.3. The first-order valence-electron chi connectivity index (χ1n) is 10.7. The zero-order valence-electron chi connectivity index (χ0n) is 18.8. The molecule has 1 heterocycles. The predicted molar refractivity (Wildman–Crippen MR) is 131 cm³/mol. The van der Waals surface area contributed by atoms with E-state index in [1.54, 1.807) is 55.1 Å². The molecule has 1 atom stereocenters. The van der Waals surface area contributed by atoms with Gasteiger partial charge in [0, 0.05) is 28.1 Å². The van der Waals surface area contributed by atoms with Crippen LogP contribution in [-0.4, -0.2) is 36.1 Å². The number of hydrogen-bond acceptors (Lipinski definition) is 4. The third-order valence-corrected chi connectivity index (χ3v) is 5.67. The normalized spacial score (nSPS) is 15.7. The van der Waals surface area contributed by atoms with E-state index in [0.29, 0.717) is 34.8 Å². The van der Waals surface area contributed by atoms with Crippen LogP contribution >= 0.6 is 15.9 Å². The highest BCUT2D eigenvalue weighted by Crippen LogP contribution is 2.32. The van der Waals surface area contributed by atoms with Crippen LogP contribution in [0.1, 0.15) is 38.8 Å². The quantitative estimate of drug-likeness (QED) is 0.430. The van der Waals surface area contributed by atoms with Crippen molar-refractivity contribution in [2.24, 2.45) is 0 Å². The molecule has 1 aliphatic rings. The molecule has 0 aromatic heterocycles. The molecule has 1 aliphatic heterocycles. The number of amides is 4. The Morgan fingerprint density at radius 2 is 1.61 bits per heavy atom. The Kier molecular flexibility index (Phi) is 8.11. The maximum absolute atomic E-state index is 12.7. The van der Waals surface area contributed by atoms with Crippen LogP contribution in [0, 0.1) is 0 Å². The van der Waals surface area contributed by atoms with Crippen molar-refractivity contribution in [2.75, 3.05) is 23.8 Å². The van der Waals surface area contributed by atoms with Gasteiger partial charge >= 0.3 is 18.0 Å². The first-order valence-corrected chi connectivity index (χ1v) is 11.5. The van der Waals surface area contributed by atoms with E-state index < -0.39 is 12.0 Å². The summed E-state index contributed by atoms with van der Waals surface area (Å²) in [4.78, 5) is 39.2. The number of carbonyl (C=O) groups is 3. The highest BCUT2D eigenvalue weighted by Gasteiger charge is 2.36. The highest BCUT2D eigenvalue weighted by molar-refractivity contribution is 9.10. The van der Waals surface area contributed by atoms with Gasteiger partial charge in [-0.25, -0.2) is 14.4 Å². The number of ether oxygens (including phenoxy) is 1. The average molecular weight is 515 g/mol. The second-order valence-electron chi connectivity index (χ2n) is 7.46. The van der Waals surface area contributed by atoms with Crippen LogP contribution in [0.3, 0.4) is 0 Å². The van der Waals surface area contributed by atoms with Gasteiger partial charge in [-0.2, -0.15) is 0 Å². The van der Waals surface area contributed by atoms with E-state index in [9.17, 15) is 14.4 Å². The fourth-order valence-corrected chi connectivity index (χ4v) is 3.85. The highest BCUT2D eigenvalue weighted by atomic mass is 79.9. The van der Waals surface area contributed by atoms with Gasteiger partial charge in [0.2, 0.25) is 0 Å². The summed E-state index contributed by atoms with van der Waals surface area (Å²) in [5, 5.41) is 8.44. The number of esters is 1. The molecule has 0 saturated heterocycles.